The summed E-state index contributed by atoms with van der Waals surface area (Å²) in [4.78, 5) is 54.9. The van der Waals surface area contributed by atoms with E-state index in [-0.39, 0.29) is 36.0 Å². The molecule has 0 aliphatic carbocycles. The SMILES string of the molecule is CC(C)(C(=O)Nc1ccc(C#N)c(C(F)(F)F)c1)n1cc(C#CC2CN(c3ccc(C(=O)NC4CCC(=O)NC4=O)nc3)C2)cn1. The van der Waals surface area contributed by atoms with E-state index < -0.39 is 46.6 Å². The van der Waals surface area contributed by atoms with E-state index in [9.17, 15) is 32.3 Å². The van der Waals surface area contributed by atoms with E-state index in [0.29, 0.717) is 18.7 Å². The number of amides is 4. The third-order valence-electron chi connectivity index (χ3n) is 7.61. The van der Waals surface area contributed by atoms with Crippen LogP contribution < -0.4 is 20.9 Å². The molecule has 4 amide bonds. The highest BCUT2D eigenvalue weighted by molar-refractivity contribution is 6.03. The fraction of sp³-hybridized carbons (Fsp3) is 0.323. The number of rotatable bonds is 6. The van der Waals surface area contributed by atoms with Gasteiger partial charge in [0, 0.05) is 31.4 Å². The quantitative estimate of drug-likeness (QED) is 0.276. The Labute approximate surface area is 261 Å². The lowest BCUT2D eigenvalue weighted by atomic mass is 10.00. The van der Waals surface area contributed by atoms with Crippen molar-refractivity contribution in [1.82, 2.24) is 25.4 Å². The van der Waals surface area contributed by atoms with Crippen molar-refractivity contribution in [2.24, 2.45) is 5.92 Å². The predicted molar refractivity (Wildman–Crippen MR) is 157 cm³/mol. The van der Waals surface area contributed by atoms with Gasteiger partial charge in [-0.1, -0.05) is 11.8 Å². The Hall–Kier alpha value is -5.70. The Morgan fingerprint density at radius 1 is 1.11 bits per heavy atom. The van der Waals surface area contributed by atoms with Crippen molar-refractivity contribution >= 4 is 35.0 Å². The summed E-state index contributed by atoms with van der Waals surface area (Å²) >= 11 is 0. The van der Waals surface area contributed by atoms with E-state index in [1.165, 1.54) is 23.0 Å². The van der Waals surface area contributed by atoms with Crippen molar-refractivity contribution in [3.63, 3.8) is 0 Å². The number of hydrogen-bond acceptors (Lipinski definition) is 8. The van der Waals surface area contributed by atoms with Gasteiger partial charge in [0.05, 0.1) is 46.8 Å². The minimum Gasteiger partial charge on any atom is -0.368 e. The van der Waals surface area contributed by atoms with Crippen LogP contribution in [0.2, 0.25) is 0 Å². The topological polar surface area (TPSA) is 162 Å². The molecule has 3 aromatic rings. The number of nitrogens with zero attached hydrogens (tertiary/aromatic N) is 5. The average molecular weight is 633 g/mol. The number of halogens is 3. The Bertz CT molecular complexity index is 1810. The zero-order valence-electron chi connectivity index (χ0n) is 24.6. The van der Waals surface area contributed by atoms with Crippen LogP contribution in [-0.4, -0.2) is 57.5 Å². The molecule has 12 nitrogen and oxygen atoms in total. The van der Waals surface area contributed by atoms with Crippen molar-refractivity contribution in [2.75, 3.05) is 23.3 Å². The molecule has 15 heteroatoms. The Kier molecular flexibility index (Phi) is 8.52. The molecule has 1 aromatic carbocycles. The standard InChI is InChI=1S/C31H27F3N8O4/c1-30(2,29(46)38-21-6-5-20(12-35)23(11-21)31(32,33)34)42-17-18(13-37-42)3-4-19-15-41(16-19)22-7-8-24(36-14-22)27(44)39-25-9-10-26(43)40-28(25)45/h5-8,11,13-14,17,19,25H,9-10,15-16H2,1-2H3,(H,38,46)(H,39,44)(H,40,43,45). The monoisotopic (exact) mass is 632 g/mol. The summed E-state index contributed by atoms with van der Waals surface area (Å²) in [6.07, 6.45) is 0.248. The smallest absolute Gasteiger partial charge is 0.368 e. The summed E-state index contributed by atoms with van der Waals surface area (Å²) < 4.78 is 41.3. The predicted octanol–water partition coefficient (Wildman–Crippen LogP) is 2.57. The minimum absolute atomic E-state index is 0.0365. The molecule has 4 heterocycles. The number of alkyl halides is 3. The number of imide groups is 1. The van der Waals surface area contributed by atoms with Crippen molar-refractivity contribution in [1.29, 1.82) is 5.26 Å². The van der Waals surface area contributed by atoms with Gasteiger partial charge in [-0.2, -0.15) is 23.5 Å². The molecule has 0 radical (unpaired) electrons. The number of piperidine rings is 1. The van der Waals surface area contributed by atoms with Gasteiger partial charge in [-0.25, -0.2) is 4.98 Å². The maximum Gasteiger partial charge on any atom is 0.417 e. The lowest BCUT2D eigenvalue weighted by Gasteiger charge is -2.38. The molecule has 3 N–H and O–H groups in total. The molecule has 236 valence electrons. The number of benzene rings is 1. The third-order valence-corrected chi connectivity index (χ3v) is 7.61. The van der Waals surface area contributed by atoms with E-state index in [1.807, 2.05) is 4.90 Å². The second-order valence-electron chi connectivity index (χ2n) is 11.3. The third kappa shape index (κ3) is 6.83. The van der Waals surface area contributed by atoms with E-state index in [4.69, 9.17) is 5.26 Å². The van der Waals surface area contributed by atoms with Gasteiger partial charge in [0.15, 0.2) is 0 Å². The van der Waals surface area contributed by atoms with Crippen LogP contribution in [0.15, 0.2) is 48.9 Å². The van der Waals surface area contributed by atoms with Crippen LogP contribution in [0.25, 0.3) is 0 Å². The highest BCUT2D eigenvalue weighted by Crippen LogP contribution is 2.34. The van der Waals surface area contributed by atoms with Crippen LogP contribution in [0.5, 0.6) is 0 Å². The summed E-state index contributed by atoms with van der Waals surface area (Å²) in [7, 11) is 0. The lowest BCUT2D eigenvalue weighted by Crippen LogP contribution is -2.52. The van der Waals surface area contributed by atoms with Gasteiger partial charge in [0.25, 0.3) is 11.8 Å². The fourth-order valence-electron chi connectivity index (χ4n) is 4.77. The first-order valence-electron chi connectivity index (χ1n) is 14.1. The number of nitrogens with one attached hydrogen (secondary N) is 3. The number of nitriles is 1. The largest absolute Gasteiger partial charge is 0.417 e. The molecule has 0 bridgehead atoms. The van der Waals surface area contributed by atoms with E-state index in [1.54, 1.807) is 38.4 Å². The first-order valence-corrected chi connectivity index (χ1v) is 14.1. The van der Waals surface area contributed by atoms with Gasteiger partial charge in [0.2, 0.25) is 11.8 Å². The van der Waals surface area contributed by atoms with Crippen LogP contribution in [0.1, 0.15) is 53.9 Å². The number of carbonyl (C=O) groups is 4. The van der Waals surface area contributed by atoms with Gasteiger partial charge < -0.3 is 15.5 Å². The summed E-state index contributed by atoms with van der Waals surface area (Å²) in [5.41, 5.74) is -1.59. The maximum absolute atomic E-state index is 13.3. The number of anilines is 2. The normalized spacial score (nSPS) is 16.8. The molecule has 46 heavy (non-hydrogen) atoms. The Morgan fingerprint density at radius 2 is 1.87 bits per heavy atom. The van der Waals surface area contributed by atoms with Gasteiger partial charge in [-0.15, -0.1) is 0 Å². The molecule has 2 fully saturated rings. The van der Waals surface area contributed by atoms with Crippen molar-refractivity contribution in [3.8, 4) is 17.9 Å². The molecular formula is C31H27F3N8O4. The van der Waals surface area contributed by atoms with E-state index >= 15 is 0 Å². The van der Waals surface area contributed by atoms with E-state index in [2.05, 4.69) is 37.9 Å². The van der Waals surface area contributed by atoms with Gasteiger partial charge in [0.1, 0.15) is 17.3 Å². The second-order valence-corrected chi connectivity index (χ2v) is 11.3. The molecule has 1 unspecified atom stereocenters. The highest BCUT2D eigenvalue weighted by Gasteiger charge is 2.35. The molecule has 2 aliphatic rings. The first-order chi connectivity index (χ1) is 21.7. The average Bonchev–Trinajstić information content (AvgIpc) is 3.47. The summed E-state index contributed by atoms with van der Waals surface area (Å²) in [5.74, 6) is 4.19. The Morgan fingerprint density at radius 3 is 2.52 bits per heavy atom. The van der Waals surface area contributed by atoms with Crippen LogP contribution in [-0.2, 0) is 26.1 Å². The zero-order chi connectivity index (χ0) is 33.2. The number of hydrogen-bond donors (Lipinski definition) is 3. The molecule has 0 spiro atoms. The van der Waals surface area contributed by atoms with Crippen LogP contribution in [0.3, 0.4) is 0 Å². The highest BCUT2D eigenvalue weighted by atomic mass is 19.4. The lowest BCUT2D eigenvalue weighted by molar-refractivity contribution is -0.138. The first kappa shape index (κ1) is 31.7. The molecule has 1 atom stereocenters. The molecule has 2 aromatic heterocycles. The molecule has 5 rings (SSSR count). The number of carbonyl (C=O) groups excluding carboxylic acids is 4. The Balaban J connectivity index is 1.14. The number of aromatic nitrogens is 3. The molecule has 2 aliphatic heterocycles. The second kappa shape index (κ2) is 12.4. The maximum atomic E-state index is 13.3. The van der Waals surface area contributed by atoms with Crippen LogP contribution in [0, 0.1) is 29.1 Å². The van der Waals surface area contributed by atoms with Crippen LogP contribution in [0.4, 0.5) is 24.5 Å². The molecule has 2 saturated heterocycles. The zero-order valence-corrected chi connectivity index (χ0v) is 24.6. The van der Waals surface area contributed by atoms with Crippen molar-refractivity contribution in [3.05, 3.63) is 71.3 Å². The molecule has 0 saturated carbocycles. The van der Waals surface area contributed by atoms with E-state index in [0.717, 1.165) is 17.8 Å². The van der Waals surface area contributed by atoms with Crippen molar-refractivity contribution in [2.45, 2.75) is 44.4 Å². The summed E-state index contributed by atoms with van der Waals surface area (Å²) in [6, 6.07) is 6.97. The summed E-state index contributed by atoms with van der Waals surface area (Å²) in [6.45, 7) is 4.34. The summed E-state index contributed by atoms with van der Waals surface area (Å²) in [5, 5.41) is 20.5. The van der Waals surface area contributed by atoms with Gasteiger partial charge in [-0.3, -0.25) is 29.2 Å². The fourth-order valence-corrected chi connectivity index (χ4v) is 4.77. The van der Waals surface area contributed by atoms with Crippen molar-refractivity contribution < 1.29 is 32.3 Å². The van der Waals surface area contributed by atoms with Crippen LogP contribution >= 0.6 is 0 Å². The molecular weight excluding hydrogens is 605 g/mol. The number of pyridine rings is 1. The van der Waals surface area contributed by atoms with Gasteiger partial charge in [-0.05, 0) is 50.6 Å². The minimum atomic E-state index is -4.76. The van der Waals surface area contributed by atoms with Gasteiger partial charge >= 0.3 is 6.18 Å².